The highest BCUT2D eigenvalue weighted by atomic mass is 16.4. The summed E-state index contributed by atoms with van der Waals surface area (Å²) in [6.45, 7) is 5.25. The second-order valence-corrected chi connectivity index (χ2v) is 3.65. The number of carbonyl (C=O) groups excluding carboxylic acids is 1. The third-order valence-electron chi connectivity index (χ3n) is 2.49. The molecule has 0 radical (unpaired) electrons. The largest absolute Gasteiger partial charge is 0.436 e. The number of carbonyl (C=O) groups is 1. The summed E-state index contributed by atoms with van der Waals surface area (Å²) in [5, 5.41) is 0. The van der Waals surface area contributed by atoms with Crippen molar-refractivity contribution in [3.05, 3.63) is 17.3 Å². The van der Waals surface area contributed by atoms with Crippen LogP contribution in [0.3, 0.4) is 0 Å². The van der Waals surface area contributed by atoms with Gasteiger partial charge in [-0.05, 0) is 19.8 Å². The van der Waals surface area contributed by atoms with Gasteiger partial charge in [-0.25, -0.2) is 4.98 Å². The minimum absolute atomic E-state index is 0.0133. The highest BCUT2D eigenvalue weighted by molar-refractivity contribution is 5.92. The first-order chi connectivity index (χ1) is 6.68. The zero-order chi connectivity index (χ0) is 10.1. The highest BCUT2D eigenvalue weighted by Gasteiger charge is 2.24. The van der Waals surface area contributed by atoms with Gasteiger partial charge in [-0.15, -0.1) is 0 Å². The van der Waals surface area contributed by atoms with Gasteiger partial charge in [0.25, 0.3) is 5.91 Å². The lowest BCUT2D eigenvalue weighted by Gasteiger charge is -2.12. The van der Waals surface area contributed by atoms with Crippen molar-refractivity contribution in [1.82, 2.24) is 9.88 Å². The number of amides is 1. The molecule has 1 fully saturated rings. The topological polar surface area (TPSA) is 46.3 Å². The lowest BCUT2D eigenvalue weighted by Crippen LogP contribution is -2.27. The molecule has 14 heavy (non-hydrogen) atoms. The SMILES string of the molecule is Cc1nc(C)c(C(=O)N2CCCC2)o1. The van der Waals surface area contributed by atoms with Crippen molar-refractivity contribution in [2.75, 3.05) is 13.1 Å². The van der Waals surface area contributed by atoms with E-state index < -0.39 is 0 Å². The first-order valence-electron chi connectivity index (χ1n) is 4.92. The van der Waals surface area contributed by atoms with Crippen LogP contribution in [0.2, 0.25) is 0 Å². The number of hydrogen-bond acceptors (Lipinski definition) is 3. The van der Waals surface area contributed by atoms with E-state index in [1.165, 1.54) is 0 Å². The molecule has 1 aliphatic rings. The van der Waals surface area contributed by atoms with Crippen LogP contribution in [0.4, 0.5) is 0 Å². The van der Waals surface area contributed by atoms with E-state index in [2.05, 4.69) is 4.98 Å². The van der Waals surface area contributed by atoms with Crippen LogP contribution < -0.4 is 0 Å². The molecule has 1 amide bonds. The van der Waals surface area contributed by atoms with Gasteiger partial charge >= 0.3 is 0 Å². The maximum Gasteiger partial charge on any atom is 0.291 e. The Balaban J connectivity index is 2.21. The van der Waals surface area contributed by atoms with Crippen molar-refractivity contribution in [2.45, 2.75) is 26.7 Å². The minimum Gasteiger partial charge on any atom is -0.436 e. The quantitative estimate of drug-likeness (QED) is 0.681. The summed E-state index contributed by atoms with van der Waals surface area (Å²) in [6.07, 6.45) is 2.19. The molecule has 2 rings (SSSR count). The molecule has 0 aliphatic carbocycles. The fourth-order valence-corrected chi connectivity index (χ4v) is 1.79. The summed E-state index contributed by atoms with van der Waals surface area (Å²) in [5.74, 6) is 0.954. The summed E-state index contributed by atoms with van der Waals surface area (Å²) >= 11 is 0. The van der Waals surface area contributed by atoms with Gasteiger partial charge in [0.2, 0.25) is 5.76 Å². The Hall–Kier alpha value is -1.32. The molecule has 0 N–H and O–H groups in total. The summed E-state index contributed by atoms with van der Waals surface area (Å²) in [4.78, 5) is 17.8. The van der Waals surface area contributed by atoms with E-state index in [4.69, 9.17) is 4.42 Å². The predicted octanol–water partition coefficient (Wildman–Crippen LogP) is 1.53. The van der Waals surface area contributed by atoms with Gasteiger partial charge in [-0.3, -0.25) is 4.79 Å². The van der Waals surface area contributed by atoms with Gasteiger partial charge in [-0.1, -0.05) is 0 Å². The summed E-state index contributed by atoms with van der Waals surface area (Å²) in [6, 6.07) is 0. The first kappa shape index (κ1) is 9.24. The van der Waals surface area contributed by atoms with Gasteiger partial charge < -0.3 is 9.32 Å². The fraction of sp³-hybridized carbons (Fsp3) is 0.600. The molecule has 4 nitrogen and oxygen atoms in total. The van der Waals surface area contributed by atoms with Crippen LogP contribution in [0, 0.1) is 13.8 Å². The van der Waals surface area contributed by atoms with E-state index in [0.29, 0.717) is 17.3 Å². The molecule has 1 aliphatic heterocycles. The number of aryl methyl sites for hydroxylation is 2. The van der Waals surface area contributed by atoms with E-state index in [1.807, 2.05) is 4.90 Å². The number of rotatable bonds is 1. The molecule has 4 heteroatoms. The van der Waals surface area contributed by atoms with Gasteiger partial charge in [-0.2, -0.15) is 0 Å². The van der Waals surface area contributed by atoms with E-state index in [9.17, 15) is 4.79 Å². The van der Waals surface area contributed by atoms with Crippen LogP contribution in [0.25, 0.3) is 0 Å². The molecule has 0 aromatic carbocycles. The van der Waals surface area contributed by atoms with Gasteiger partial charge in [0.05, 0.1) is 5.69 Å². The van der Waals surface area contributed by atoms with Crippen molar-refractivity contribution in [1.29, 1.82) is 0 Å². The Labute approximate surface area is 82.9 Å². The van der Waals surface area contributed by atoms with Crippen molar-refractivity contribution >= 4 is 5.91 Å². The zero-order valence-corrected chi connectivity index (χ0v) is 8.54. The molecule has 1 saturated heterocycles. The third kappa shape index (κ3) is 1.52. The first-order valence-corrected chi connectivity index (χ1v) is 4.92. The van der Waals surface area contributed by atoms with E-state index in [0.717, 1.165) is 25.9 Å². The number of hydrogen-bond donors (Lipinski definition) is 0. The number of likely N-dealkylation sites (tertiary alicyclic amines) is 1. The molecule has 1 aromatic rings. The predicted molar refractivity (Wildman–Crippen MR) is 51.1 cm³/mol. The van der Waals surface area contributed by atoms with Crippen LogP contribution in [0.1, 0.15) is 35.0 Å². The smallest absolute Gasteiger partial charge is 0.291 e. The standard InChI is InChI=1S/C10H14N2O2/c1-7-9(14-8(2)11-7)10(13)12-5-3-4-6-12/h3-6H2,1-2H3. The maximum atomic E-state index is 11.9. The lowest BCUT2D eigenvalue weighted by atomic mass is 10.3. The molecular formula is C10H14N2O2. The second-order valence-electron chi connectivity index (χ2n) is 3.65. The van der Waals surface area contributed by atoms with Crippen LogP contribution in [0.5, 0.6) is 0 Å². The van der Waals surface area contributed by atoms with Crippen molar-refractivity contribution in [3.8, 4) is 0 Å². The molecule has 0 bridgehead atoms. The normalized spacial score (nSPS) is 16.3. The van der Waals surface area contributed by atoms with Gasteiger partial charge in [0.15, 0.2) is 5.89 Å². The van der Waals surface area contributed by atoms with E-state index in [1.54, 1.807) is 13.8 Å². The highest BCUT2D eigenvalue weighted by Crippen LogP contribution is 2.16. The monoisotopic (exact) mass is 194 g/mol. The Kier molecular flexibility index (Phi) is 2.27. The summed E-state index contributed by atoms with van der Waals surface area (Å²) in [7, 11) is 0. The van der Waals surface area contributed by atoms with Crippen LogP contribution >= 0.6 is 0 Å². The molecule has 0 unspecified atom stereocenters. The second kappa shape index (κ2) is 3.44. The average Bonchev–Trinajstić information content (AvgIpc) is 2.73. The van der Waals surface area contributed by atoms with Crippen molar-refractivity contribution in [2.24, 2.45) is 0 Å². The molecular weight excluding hydrogens is 180 g/mol. The average molecular weight is 194 g/mol. The number of oxazole rings is 1. The molecule has 0 atom stereocenters. The fourth-order valence-electron chi connectivity index (χ4n) is 1.79. The molecule has 0 spiro atoms. The number of nitrogens with zero attached hydrogens (tertiary/aromatic N) is 2. The molecule has 76 valence electrons. The third-order valence-corrected chi connectivity index (χ3v) is 2.49. The van der Waals surface area contributed by atoms with Crippen LogP contribution in [-0.4, -0.2) is 28.9 Å². The Bertz CT molecular complexity index is 351. The molecule has 1 aromatic heterocycles. The van der Waals surface area contributed by atoms with Crippen molar-refractivity contribution < 1.29 is 9.21 Å². The van der Waals surface area contributed by atoms with Gasteiger partial charge in [0, 0.05) is 20.0 Å². The molecule has 2 heterocycles. The van der Waals surface area contributed by atoms with Gasteiger partial charge in [0.1, 0.15) is 0 Å². The zero-order valence-electron chi connectivity index (χ0n) is 8.54. The van der Waals surface area contributed by atoms with Crippen LogP contribution in [0.15, 0.2) is 4.42 Å². The van der Waals surface area contributed by atoms with E-state index >= 15 is 0 Å². The number of aromatic nitrogens is 1. The van der Waals surface area contributed by atoms with Crippen LogP contribution in [-0.2, 0) is 0 Å². The maximum absolute atomic E-state index is 11.9. The summed E-state index contributed by atoms with van der Waals surface area (Å²) < 4.78 is 5.29. The lowest BCUT2D eigenvalue weighted by molar-refractivity contribution is 0.0759. The minimum atomic E-state index is -0.0133. The Morgan fingerprint density at radius 3 is 2.50 bits per heavy atom. The Morgan fingerprint density at radius 1 is 1.36 bits per heavy atom. The summed E-state index contributed by atoms with van der Waals surface area (Å²) in [5.41, 5.74) is 0.694. The Morgan fingerprint density at radius 2 is 2.00 bits per heavy atom. The van der Waals surface area contributed by atoms with E-state index in [-0.39, 0.29) is 5.91 Å². The van der Waals surface area contributed by atoms with Crippen molar-refractivity contribution in [3.63, 3.8) is 0 Å². The molecule has 0 saturated carbocycles.